The summed E-state index contributed by atoms with van der Waals surface area (Å²) < 4.78 is 0. The van der Waals surface area contributed by atoms with Crippen molar-refractivity contribution in [1.82, 2.24) is 4.90 Å². The van der Waals surface area contributed by atoms with Gasteiger partial charge in [0.1, 0.15) is 0 Å². The predicted octanol–water partition coefficient (Wildman–Crippen LogP) is 5.59. The van der Waals surface area contributed by atoms with Crippen LogP contribution in [0.3, 0.4) is 0 Å². The maximum absolute atomic E-state index is 2.45. The lowest BCUT2D eigenvalue weighted by Crippen LogP contribution is -2.34. The zero-order valence-electron chi connectivity index (χ0n) is 16.9. The minimum absolute atomic E-state index is 0.366. The van der Waals surface area contributed by atoms with E-state index in [9.17, 15) is 0 Å². The SMILES string of the molecule is CN(C)[C@H](c1ccccc1)C1CCCC1P(c1ccccc1)c1ccccc1. The molecule has 1 aliphatic carbocycles. The number of nitrogens with zero attached hydrogens (tertiary/aromatic N) is 1. The molecule has 3 atom stereocenters. The summed E-state index contributed by atoms with van der Waals surface area (Å²) >= 11 is 0. The Morgan fingerprint density at radius 1 is 0.714 bits per heavy atom. The highest BCUT2D eigenvalue weighted by atomic mass is 31.1. The zero-order chi connectivity index (χ0) is 19.3. The van der Waals surface area contributed by atoms with Crippen LogP contribution in [0.15, 0.2) is 91.0 Å². The third-order valence-electron chi connectivity index (χ3n) is 6.03. The Hall–Kier alpha value is -1.95. The van der Waals surface area contributed by atoms with E-state index in [2.05, 4.69) is 110 Å². The van der Waals surface area contributed by atoms with E-state index in [4.69, 9.17) is 0 Å². The van der Waals surface area contributed by atoms with Crippen LogP contribution in [0.2, 0.25) is 0 Å². The second kappa shape index (κ2) is 9.03. The molecule has 1 aliphatic rings. The van der Waals surface area contributed by atoms with Gasteiger partial charge in [-0.15, -0.1) is 0 Å². The van der Waals surface area contributed by atoms with Crippen molar-refractivity contribution in [3.8, 4) is 0 Å². The van der Waals surface area contributed by atoms with Crippen LogP contribution in [0.5, 0.6) is 0 Å². The Labute approximate surface area is 171 Å². The van der Waals surface area contributed by atoms with Crippen molar-refractivity contribution in [2.75, 3.05) is 14.1 Å². The minimum atomic E-state index is -0.366. The Morgan fingerprint density at radius 2 is 1.21 bits per heavy atom. The van der Waals surface area contributed by atoms with Crippen molar-refractivity contribution in [3.63, 3.8) is 0 Å². The van der Waals surface area contributed by atoms with Gasteiger partial charge in [0, 0.05) is 6.04 Å². The summed E-state index contributed by atoms with van der Waals surface area (Å²) in [7, 11) is 4.14. The van der Waals surface area contributed by atoms with Crippen molar-refractivity contribution < 1.29 is 0 Å². The topological polar surface area (TPSA) is 3.24 Å². The molecule has 3 aromatic rings. The van der Waals surface area contributed by atoms with Crippen molar-refractivity contribution >= 4 is 18.5 Å². The van der Waals surface area contributed by atoms with Gasteiger partial charge in [0.05, 0.1) is 0 Å². The van der Waals surface area contributed by atoms with E-state index in [0.717, 1.165) is 0 Å². The van der Waals surface area contributed by atoms with Gasteiger partial charge in [-0.05, 0) is 62.6 Å². The average molecular weight is 388 g/mol. The molecule has 2 unspecified atom stereocenters. The average Bonchev–Trinajstić information content (AvgIpc) is 3.19. The zero-order valence-corrected chi connectivity index (χ0v) is 17.8. The molecule has 0 amide bonds. The van der Waals surface area contributed by atoms with Gasteiger partial charge in [-0.25, -0.2) is 0 Å². The summed E-state index contributed by atoms with van der Waals surface area (Å²) in [6, 6.07) is 34.1. The smallest absolute Gasteiger partial charge is 0.0376 e. The van der Waals surface area contributed by atoms with Gasteiger partial charge in [-0.2, -0.15) is 0 Å². The lowest BCUT2D eigenvalue weighted by atomic mass is 9.90. The maximum Gasteiger partial charge on any atom is 0.0376 e. The second-order valence-electron chi connectivity index (χ2n) is 8.02. The summed E-state index contributed by atoms with van der Waals surface area (Å²) in [5.41, 5.74) is 2.17. The molecule has 0 aliphatic heterocycles. The first kappa shape index (κ1) is 19.4. The van der Waals surface area contributed by atoms with Crippen LogP contribution < -0.4 is 10.6 Å². The molecule has 28 heavy (non-hydrogen) atoms. The van der Waals surface area contributed by atoms with Gasteiger partial charge in [0.25, 0.3) is 0 Å². The molecule has 4 rings (SSSR count). The summed E-state index contributed by atoms with van der Waals surface area (Å²) in [5.74, 6) is 0.684. The first-order chi connectivity index (χ1) is 13.8. The highest BCUT2D eigenvalue weighted by Gasteiger charge is 2.40. The maximum atomic E-state index is 2.45. The molecule has 1 saturated carbocycles. The van der Waals surface area contributed by atoms with Gasteiger partial charge in [0.2, 0.25) is 0 Å². The molecule has 1 nitrogen and oxygen atoms in total. The van der Waals surface area contributed by atoms with Gasteiger partial charge in [0.15, 0.2) is 0 Å². The van der Waals surface area contributed by atoms with Crippen LogP contribution in [0, 0.1) is 5.92 Å². The molecule has 3 aromatic carbocycles. The van der Waals surface area contributed by atoms with Gasteiger partial charge >= 0.3 is 0 Å². The molecule has 0 bridgehead atoms. The summed E-state index contributed by atoms with van der Waals surface area (Å²) in [6.07, 6.45) is 3.99. The third-order valence-corrected chi connectivity index (χ3v) is 9.05. The van der Waals surface area contributed by atoms with E-state index in [1.165, 1.54) is 35.4 Å². The van der Waals surface area contributed by atoms with E-state index in [1.54, 1.807) is 0 Å². The van der Waals surface area contributed by atoms with E-state index in [1.807, 2.05) is 0 Å². The Morgan fingerprint density at radius 3 is 1.71 bits per heavy atom. The van der Waals surface area contributed by atoms with Crippen molar-refractivity contribution in [1.29, 1.82) is 0 Å². The van der Waals surface area contributed by atoms with Crippen LogP contribution in [0.1, 0.15) is 30.9 Å². The molecule has 0 aromatic heterocycles. The molecule has 1 fully saturated rings. The number of benzene rings is 3. The summed E-state index contributed by atoms with van der Waals surface area (Å²) in [6.45, 7) is 0. The van der Waals surface area contributed by atoms with Gasteiger partial charge in [-0.1, -0.05) is 97.4 Å². The largest absolute Gasteiger partial charge is 0.302 e. The van der Waals surface area contributed by atoms with Crippen molar-refractivity contribution in [2.24, 2.45) is 5.92 Å². The Balaban J connectivity index is 1.75. The molecule has 0 N–H and O–H groups in total. The molecule has 0 heterocycles. The minimum Gasteiger partial charge on any atom is -0.302 e. The molecule has 2 heteroatoms. The molecule has 0 radical (unpaired) electrons. The van der Waals surface area contributed by atoms with E-state index < -0.39 is 0 Å². The molecular formula is C26H30NP. The number of hydrogen-bond acceptors (Lipinski definition) is 1. The second-order valence-corrected chi connectivity index (χ2v) is 10.5. The molecular weight excluding hydrogens is 357 g/mol. The summed E-state index contributed by atoms with van der Waals surface area (Å²) in [4.78, 5) is 2.45. The predicted molar refractivity (Wildman–Crippen MR) is 123 cm³/mol. The fourth-order valence-electron chi connectivity index (χ4n) is 4.95. The van der Waals surface area contributed by atoms with Gasteiger partial charge in [-0.3, -0.25) is 0 Å². The summed E-state index contributed by atoms with van der Waals surface area (Å²) in [5, 5.41) is 3.04. The van der Waals surface area contributed by atoms with Crippen LogP contribution >= 0.6 is 7.92 Å². The van der Waals surface area contributed by atoms with Gasteiger partial charge < -0.3 is 4.90 Å². The van der Waals surface area contributed by atoms with E-state index in [0.29, 0.717) is 17.6 Å². The van der Waals surface area contributed by atoms with Crippen LogP contribution in [0.25, 0.3) is 0 Å². The number of rotatable bonds is 6. The quantitative estimate of drug-likeness (QED) is 0.498. The molecule has 144 valence electrons. The Bertz CT molecular complexity index is 808. The normalized spacial score (nSPS) is 20.6. The molecule has 0 spiro atoms. The first-order valence-electron chi connectivity index (χ1n) is 10.4. The molecule has 0 saturated heterocycles. The lowest BCUT2D eigenvalue weighted by Gasteiger charge is -2.38. The first-order valence-corrected chi connectivity index (χ1v) is 11.8. The monoisotopic (exact) mass is 387 g/mol. The standard InChI is InChI=1S/C26H30NP/c1-27(2)26(21-13-6-3-7-14-21)24-19-12-20-25(24)28(22-15-8-4-9-16-22)23-17-10-5-11-18-23/h3-11,13-18,24-26H,12,19-20H2,1-2H3/t24?,25?,26-/m1/s1. The van der Waals surface area contributed by atoms with Crippen LogP contribution in [0.4, 0.5) is 0 Å². The lowest BCUT2D eigenvalue weighted by molar-refractivity contribution is 0.217. The van der Waals surface area contributed by atoms with Crippen molar-refractivity contribution in [3.05, 3.63) is 96.6 Å². The van der Waals surface area contributed by atoms with E-state index in [-0.39, 0.29) is 7.92 Å². The fraction of sp³-hybridized carbons (Fsp3) is 0.308. The fourth-order valence-corrected chi connectivity index (χ4v) is 8.13. The number of hydrogen-bond donors (Lipinski definition) is 0. The third kappa shape index (κ3) is 4.07. The van der Waals surface area contributed by atoms with E-state index >= 15 is 0 Å². The van der Waals surface area contributed by atoms with Crippen LogP contribution in [-0.2, 0) is 0 Å². The highest BCUT2D eigenvalue weighted by molar-refractivity contribution is 7.73. The van der Waals surface area contributed by atoms with Crippen LogP contribution in [-0.4, -0.2) is 24.7 Å². The Kier molecular flexibility index (Phi) is 6.25. The van der Waals surface area contributed by atoms with Crippen molar-refractivity contribution in [2.45, 2.75) is 31.0 Å². The highest BCUT2D eigenvalue weighted by Crippen LogP contribution is 2.54.